The van der Waals surface area contributed by atoms with E-state index < -0.39 is 0 Å². The largest absolute Gasteiger partial charge is 0.496 e. The van der Waals surface area contributed by atoms with Crippen molar-refractivity contribution >= 4 is 0 Å². The molecule has 0 unspecified atom stereocenters. The van der Waals surface area contributed by atoms with Gasteiger partial charge >= 0.3 is 0 Å². The molecule has 1 N–H and O–H groups in total. The minimum absolute atomic E-state index is 0.435. The van der Waals surface area contributed by atoms with Gasteiger partial charge in [-0.25, -0.2) is 0 Å². The second-order valence-corrected chi connectivity index (χ2v) is 5.37. The molecule has 1 aromatic heterocycles. The van der Waals surface area contributed by atoms with Crippen LogP contribution in [0.1, 0.15) is 17.3 Å². The van der Waals surface area contributed by atoms with Crippen molar-refractivity contribution in [3.8, 4) is 16.9 Å². The Morgan fingerprint density at radius 1 is 1.29 bits per heavy atom. The number of aryl methyl sites for hydroxylation is 1. The first-order chi connectivity index (χ1) is 10.2. The molecule has 3 rings (SSSR count). The highest BCUT2D eigenvalue weighted by Crippen LogP contribution is 2.35. The molecule has 0 radical (unpaired) electrons. The first-order valence-electron chi connectivity index (χ1n) is 7.16. The lowest BCUT2D eigenvalue weighted by molar-refractivity contribution is 0.180. The predicted molar refractivity (Wildman–Crippen MR) is 81.6 cm³/mol. The maximum Gasteiger partial charge on any atom is 0.129 e. The zero-order chi connectivity index (χ0) is 14.8. The topological polar surface area (TPSA) is 48.3 Å². The van der Waals surface area contributed by atoms with Crippen LogP contribution in [0.4, 0.5) is 0 Å². The highest BCUT2D eigenvalue weighted by Gasteiger charge is 2.23. The van der Waals surface area contributed by atoms with Gasteiger partial charge < -0.3 is 14.8 Å². The number of benzene rings is 1. The number of hydrogen-bond acceptors (Lipinski definition) is 4. The van der Waals surface area contributed by atoms with Gasteiger partial charge in [-0.3, -0.25) is 4.68 Å². The molecule has 1 fully saturated rings. The molecule has 2 aromatic rings. The first kappa shape index (κ1) is 14.1. The standard InChI is InChI=1S/C16H21N3O2/c1-11-5-4-6-13(16(11)21-3)14-9-19(12-7-17-8-12)18-15(14)10-20-2/h4-6,9,12,17H,7-8,10H2,1-3H3. The van der Waals surface area contributed by atoms with Gasteiger partial charge in [0.05, 0.1) is 25.5 Å². The molecule has 5 heteroatoms. The molecule has 0 amide bonds. The summed E-state index contributed by atoms with van der Waals surface area (Å²) in [6.07, 6.45) is 2.11. The van der Waals surface area contributed by atoms with Gasteiger partial charge in [0.2, 0.25) is 0 Å². The van der Waals surface area contributed by atoms with Crippen LogP contribution in [0, 0.1) is 6.92 Å². The number of methoxy groups -OCH3 is 2. The molecule has 1 aliphatic rings. The Morgan fingerprint density at radius 2 is 2.10 bits per heavy atom. The van der Waals surface area contributed by atoms with E-state index in [2.05, 4.69) is 30.6 Å². The van der Waals surface area contributed by atoms with Gasteiger partial charge in [-0.05, 0) is 12.5 Å². The summed E-state index contributed by atoms with van der Waals surface area (Å²) in [5.41, 5.74) is 4.23. The summed E-state index contributed by atoms with van der Waals surface area (Å²) in [6.45, 7) is 4.50. The lowest BCUT2D eigenvalue weighted by Gasteiger charge is -2.27. The first-order valence-corrected chi connectivity index (χ1v) is 7.16. The maximum absolute atomic E-state index is 5.58. The SMILES string of the molecule is COCc1nn(C2CNC2)cc1-c1cccc(C)c1OC. The van der Waals surface area contributed by atoms with E-state index in [1.807, 2.05) is 10.7 Å². The summed E-state index contributed by atoms with van der Waals surface area (Å²) in [6, 6.07) is 6.61. The number of nitrogens with zero attached hydrogens (tertiary/aromatic N) is 2. The zero-order valence-corrected chi connectivity index (χ0v) is 12.7. The van der Waals surface area contributed by atoms with Crippen LogP contribution in [0.15, 0.2) is 24.4 Å². The van der Waals surface area contributed by atoms with Gasteiger partial charge in [0, 0.05) is 37.5 Å². The predicted octanol–water partition coefficient (Wildman–Crippen LogP) is 2.16. The molecule has 0 bridgehead atoms. The molecule has 21 heavy (non-hydrogen) atoms. The highest BCUT2D eigenvalue weighted by atomic mass is 16.5. The maximum atomic E-state index is 5.58. The van der Waals surface area contributed by atoms with E-state index in [9.17, 15) is 0 Å². The van der Waals surface area contributed by atoms with Gasteiger partial charge in [0.25, 0.3) is 0 Å². The Bertz CT molecular complexity index is 632. The quantitative estimate of drug-likeness (QED) is 0.915. The number of ether oxygens (including phenoxy) is 2. The number of aromatic nitrogens is 2. The molecule has 1 aromatic carbocycles. The normalized spacial score (nSPS) is 15.0. The van der Waals surface area contributed by atoms with E-state index in [-0.39, 0.29) is 0 Å². The summed E-state index contributed by atoms with van der Waals surface area (Å²) in [4.78, 5) is 0. The average Bonchev–Trinajstić information content (AvgIpc) is 2.80. The zero-order valence-electron chi connectivity index (χ0n) is 12.7. The minimum atomic E-state index is 0.435. The summed E-state index contributed by atoms with van der Waals surface area (Å²) in [5, 5.41) is 7.97. The molecule has 1 aliphatic heterocycles. The van der Waals surface area contributed by atoms with Crippen molar-refractivity contribution in [1.82, 2.24) is 15.1 Å². The number of para-hydroxylation sites is 1. The van der Waals surface area contributed by atoms with Crippen LogP contribution in [0.3, 0.4) is 0 Å². The van der Waals surface area contributed by atoms with Crippen molar-refractivity contribution in [2.75, 3.05) is 27.3 Å². The van der Waals surface area contributed by atoms with Crippen LogP contribution in [0.25, 0.3) is 11.1 Å². The fourth-order valence-corrected chi connectivity index (χ4v) is 2.68. The van der Waals surface area contributed by atoms with Crippen molar-refractivity contribution in [3.63, 3.8) is 0 Å². The van der Waals surface area contributed by atoms with Crippen LogP contribution in [-0.2, 0) is 11.3 Å². The van der Waals surface area contributed by atoms with Crippen LogP contribution in [0.2, 0.25) is 0 Å². The van der Waals surface area contributed by atoms with Crippen molar-refractivity contribution in [3.05, 3.63) is 35.7 Å². The molecule has 0 aliphatic carbocycles. The van der Waals surface area contributed by atoms with E-state index in [1.165, 1.54) is 0 Å². The monoisotopic (exact) mass is 287 g/mol. The summed E-state index contributed by atoms with van der Waals surface area (Å²) >= 11 is 0. The van der Waals surface area contributed by atoms with E-state index >= 15 is 0 Å². The van der Waals surface area contributed by atoms with Crippen LogP contribution < -0.4 is 10.1 Å². The van der Waals surface area contributed by atoms with Crippen LogP contribution >= 0.6 is 0 Å². The third-order valence-electron chi connectivity index (χ3n) is 3.93. The molecular formula is C16H21N3O2. The van der Waals surface area contributed by atoms with Crippen molar-refractivity contribution < 1.29 is 9.47 Å². The van der Waals surface area contributed by atoms with E-state index in [0.717, 1.165) is 41.2 Å². The Kier molecular flexibility index (Phi) is 3.94. The number of rotatable bonds is 5. The molecule has 0 saturated carbocycles. The molecule has 2 heterocycles. The molecule has 0 spiro atoms. The van der Waals surface area contributed by atoms with E-state index in [1.54, 1.807) is 14.2 Å². The lowest BCUT2D eigenvalue weighted by atomic mass is 10.0. The van der Waals surface area contributed by atoms with E-state index in [0.29, 0.717) is 12.6 Å². The smallest absolute Gasteiger partial charge is 0.129 e. The summed E-state index contributed by atoms with van der Waals surface area (Å²) in [5.74, 6) is 0.904. The average molecular weight is 287 g/mol. The fourth-order valence-electron chi connectivity index (χ4n) is 2.68. The molecule has 5 nitrogen and oxygen atoms in total. The second-order valence-electron chi connectivity index (χ2n) is 5.37. The molecule has 112 valence electrons. The van der Waals surface area contributed by atoms with Crippen molar-refractivity contribution in [1.29, 1.82) is 0 Å². The van der Waals surface area contributed by atoms with Gasteiger partial charge in [-0.1, -0.05) is 18.2 Å². The van der Waals surface area contributed by atoms with Gasteiger partial charge in [0.15, 0.2) is 0 Å². The Hall–Kier alpha value is -1.85. The molecular weight excluding hydrogens is 266 g/mol. The Morgan fingerprint density at radius 3 is 2.71 bits per heavy atom. The summed E-state index contributed by atoms with van der Waals surface area (Å²) < 4.78 is 12.9. The molecule has 0 atom stereocenters. The van der Waals surface area contributed by atoms with Gasteiger partial charge in [0.1, 0.15) is 5.75 Å². The lowest BCUT2D eigenvalue weighted by Crippen LogP contribution is -2.43. The number of hydrogen-bond donors (Lipinski definition) is 1. The van der Waals surface area contributed by atoms with Crippen LogP contribution in [0.5, 0.6) is 5.75 Å². The second kappa shape index (κ2) is 5.87. The van der Waals surface area contributed by atoms with Gasteiger partial charge in [-0.2, -0.15) is 5.10 Å². The summed E-state index contributed by atoms with van der Waals surface area (Å²) in [7, 11) is 3.41. The minimum Gasteiger partial charge on any atom is -0.496 e. The Labute approximate surface area is 124 Å². The molecule has 1 saturated heterocycles. The number of nitrogens with one attached hydrogen (secondary N) is 1. The van der Waals surface area contributed by atoms with E-state index in [4.69, 9.17) is 14.6 Å². The third-order valence-corrected chi connectivity index (χ3v) is 3.93. The Balaban J connectivity index is 2.07. The van der Waals surface area contributed by atoms with Crippen molar-refractivity contribution in [2.45, 2.75) is 19.6 Å². The van der Waals surface area contributed by atoms with Gasteiger partial charge in [-0.15, -0.1) is 0 Å². The third kappa shape index (κ3) is 2.54. The van der Waals surface area contributed by atoms with Crippen molar-refractivity contribution in [2.24, 2.45) is 0 Å². The fraction of sp³-hybridized carbons (Fsp3) is 0.438. The highest BCUT2D eigenvalue weighted by molar-refractivity contribution is 5.73. The van der Waals surface area contributed by atoms with Crippen LogP contribution in [-0.4, -0.2) is 37.1 Å².